The molecule has 2 N–H and O–H groups in total. The number of hydrogen-bond acceptors (Lipinski definition) is 4. The van der Waals surface area contributed by atoms with E-state index in [0.29, 0.717) is 12.2 Å². The van der Waals surface area contributed by atoms with E-state index < -0.39 is 30.0 Å². The second kappa shape index (κ2) is 7.73. The lowest BCUT2D eigenvalue weighted by Crippen LogP contribution is -2.44. The number of ether oxygens (including phenoxy) is 1. The summed E-state index contributed by atoms with van der Waals surface area (Å²) in [6, 6.07) is 19.5. The Balaban J connectivity index is 1.56. The molecule has 0 bridgehead atoms. The first-order chi connectivity index (χ1) is 17.0. The third kappa shape index (κ3) is 3.03. The zero-order valence-electron chi connectivity index (χ0n) is 18.8. The molecular formula is C27H21N3O5. The number of carboxylic acid groups (broad SMARTS) is 1. The Hall–Kier alpha value is -4.59. The number of imide groups is 1. The van der Waals surface area contributed by atoms with Crippen LogP contribution in [0, 0.1) is 0 Å². The Kier molecular flexibility index (Phi) is 4.63. The Labute approximate surface area is 200 Å². The average Bonchev–Trinajstić information content (AvgIpc) is 3.37. The maximum Gasteiger partial charge on any atom is 0.337 e. The van der Waals surface area contributed by atoms with E-state index in [1.807, 2.05) is 48.5 Å². The van der Waals surface area contributed by atoms with Gasteiger partial charge in [-0.3, -0.25) is 9.69 Å². The Morgan fingerprint density at radius 3 is 2.60 bits per heavy atom. The van der Waals surface area contributed by atoms with E-state index in [0.717, 1.165) is 32.6 Å². The molecule has 3 amide bonds. The molecule has 1 saturated heterocycles. The lowest BCUT2D eigenvalue weighted by Gasteiger charge is -2.36. The van der Waals surface area contributed by atoms with Gasteiger partial charge in [0, 0.05) is 23.0 Å². The van der Waals surface area contributed by atoms with Gasteiger partial charge in [-0.05, 0) is 41.5 Å². The van der Waals surface area contributed by atoms with Crippen molar-refractivity contribution in [2.45, 2.75) is 18.5 Å². The number of rotatable bonds is 4. The van der Waals surface area contributed by atoms with Crippen LogP contribution in [0.4, 0.5) is 10.5 Å². The second-order valence-electron chi connectivity index (χ2n) is 8.65. The molecule has 1 aromatic heterocycles. The van der Waals surface area contributed by atoms with Crippen molar-refractivity contribution in [2.24, 2.45) is 0 Å². The Bertz CT molecular complexity index is 1520. The molecule has 2 aliphatic rings. The standard InChI is InChI=1S/C27H21N3O5/c1-35-16-8-6-7-15(13-16)24-23-19(17-9-2-4-11-20(17)28-23)14-22-25(31)30(27(34)29(22)24)21-12-5-3-10-18(21)26(32)33/h2-13,22,24,28H,14H2,1H3,(H,32,33)/t22-,24?/m1/s1. The van der Waals surface area contributed by atoms with Crippen LogP contribution >= 0.6 is 0 Å². The molecule has 0 aliphatic carbocycles. The molecule has 2 atom stereocenters. The van der Waals surface area contributed by atoms with Crippen LogP contribution in [-0.2, 0) is 11.2 Å². The maximum absolute atomic E-state index is 13.9. The third-order valence-electron chi connectivity index (χ3n) is 6.83. The summed E-state index contributed by atoms with van der Waals surface area (Å²) in [6.07, 6.45) is 0.329. The number of anilines is 1. The highest BCUT2D eigenvalue weighted by atomic mass is 16.5. The summed E-state index contributed by atoms with van der Waals surface area (Å²) in [5.41, 5.74) is 3.50. The molecular weight excluding hydrogens is 446 g/mol. The van der Waals surface area contributed by atoms with Crippen LogP contribution in [0.2, 0.25) is 0 Å². The fourth-order valence-electron chi connectivity index (χ4n) is 5.30. The number of hydrogen-bond donors (Lipinski definition) is 2. The van der Waals surface area contributed by atoms with Crippen molar-refractivity contribution >= 4 is 34.5 Å². The Morgan fingerprint density at radius 2 is 1.80 bits per heavy atom. The minimum Gasteiger partial charge on any atom is -0.497 e. The topological polar surface area (TPSA) is 103 Å². The van der Waals surface area contributed by atoms with Crippen molar-refractivity contribution in [2.75, 3.05) is 12.0 Å². The molecule has 4 aromatic rings. The number of amides is 3. The SMILES string of the molecule is COc1cccc(C2c3[nH]c4ccccc4c3C[C@@H]3C(=O)N(c4ccccc4C(=O)O)C(=O)N23)c1. The zero-order valence-corrected chi connectivity index (χ0v) is 18.8. The van der Waals surface area contributed by atoms with E-state index in [9.17, 15) is 19.5 Å². The van der Waals surface area contributed by atoms with Gasteiger partial charge in [-0.2, -0.15) is 0 Å². The van der Waals surface area contributed by atoms with Gasteiger partial charge in [0.05, 0.1) is 18.4 Å². The molecule has 35 heavy (non-hydrogen) atoms. The number of aromatic nitrogens is 1. The van der Waals surface area contributed by atoms with Crippen molar-refractivity contribution in [1.82, 2.24) is 9.88 Å². The van der Waals surface area contributed by atoms with Crippen molar-refractivity contribution in [3.63, 3.8) is 0 Å². The second-order valence-corrected chi connectivity index (χ2v) is 8.65. The smallest absolute Gasteiger partial charge is 0.337 e. The molecule has 1 unspecified atom stereocenters. The van der Waals surface area contributed by atoms with E-state index in [2.05, 4.69) is 4.98 Å². The van der Waals surface area contributed by atoms with Crippen molar-refractivity contribution in [3.8, 4) is 5.75 Å². The minimum absolute atomic E-state index is 0.0716. The Morgan fingerprint density at radius 1 is 1.03 bits per heavy atom. The first-order valence-electron chi connectivity index (χ1n) is 11.2. The maximum atomic E-state index is 13.9. The summed E-state index contributed by atoms with van der Waals surface area (Å²) in [5, 5.41) is 10.7. The molecule has 8 heteroatoms. The summed E-state index contributed by atoms with van der Waals surface area (Å²) in [5.74, 6) is -1.01. The van der Waals surface area contributed by atoms with Gasteiger partial charge in [-0.1, -0.05) is 42.5 Å². The molecule has 0 radical (unpaired) electrons. The number of carbonyl (C=O) groups excluding carboxylic acids is 2. The van der Waals surface area contributed by atoms with E-state index in [1.54, 1.807) is 24.1 Å². The summed E-state index contributed by atoms with van der Waals surface area (Å²) in [6.45, 7) is 0. The number of aromatic amines is 1. The fraction of sp³-hybridized carbons (Fsp3) is 0.148. The van der Waals surface area contributed by atoms with E-state index in [4.69, 9.17) is 4.74 Å². The number of para-hydroxylation sites is 2. The third-order valence-corrected chi connectivity index (χ3v) is 6.83. The van der Waals surface area contributed by atoms with Crippen molar-refractivity contribution < 1.29 is 24.2 Å². The van der Waals surface area contributed by atoms with Gasteiger partial charge in [0.1, 0.15) is 17.8 Å². The van der Waals surface area contributed by atoms with Gasteiger partial charge in [0.25, 0.3) is 5.91 Å². The largest absolute Gasteiger partial charge is 0.497 e. The summed E-state index contributed by atoms with van der Waals surface area (Å²) in [7, 11) is 1.58. The van der Waals surface area contributed by atoms with Crippen LogP contribution in [0.25, 0.3) is 10.9 Å². The normalized spacial score (nSPS) is 19.1. The molecule has 0 saturated carbocycles. The van der Waals surface area contributed by atoms with Gasteiger partial charge in [0.2, 0.25) is 0 Å². The number of aromatic carboxylic acids is 1. The van der Waals surface area contributed by atoms with Crippen LogP contribution in [0.1, 0.15) is 33.2 Å². The zero-order chi connectivity index (χ0) is 24.3. The number of H-pyrrole nitrogens is 1. The number of carboxylic acids is 1. The van der Waals surface area contributed by atoms with Crippen LogP contribution in [0.5, 0.6) is 5.75 Å². The van der Waals surface area contributed by atoms with Gasteiger partial charge >= 0.3 is 12.0 Å². The van der Waals surface area contributed by atoms with Crippen molar-refractivity contribution in [1.29, 1.82) is 0 Å². The molecule has 8 nitrogen and oxygen atoms in total. The van der Waals surface area contributed by atoms with Gasteiger partial charge < -0.3 is 14.8 Å². The van der Waals surface area contributed by atoms with E-state index in [1.165, 1.54) is 12.1 Å². The number of nitrogens with zero attached hydrogens (tertiary/aromatic N) is 2. The number of urea groups is 1. The quantitative estimate of drug-likeness (QED) is 0.434. The van der Waals surface area contributed by atoms with Gasteiger partial charge in [-0.15, -0.1) is 0 Å². The highest BCUT2D eigenvalue weighted by molar-refractivity contribution is 6.23. The molecule has 0 spiro atoms. The van der Waals surface area contributed by atoms with Crippen molar-refractivity contribution in [3.05, 3.63) is 95.2 Å². The van der Waals surface area contributed by atoms with E-state index in [-0.39, 0.29) is 11.3 Å². The van der Waals surface area contributed by atoms with Gasteiger partial charge in [0.15, 0.2) is 0 Å². The first kappa shape index (κ1) is 21.0. The number of carbonyl (C=O) groups is 3. The summed E-state index contributed by atoms with van der Waals surface area (Å²) < 4.78 is 5.43. The van der Waals surface area contributed by atoms with Crippen LogP contribution < -0.4 is 9.64 Å². The molecule has 174 valence electrons. The minimum atomic E-state index is -1.20. The number of nitrogens with one attached hydrogen (secondary N) is 1. The molecule has 6 rings (SSSR count). The van der Waals surface area contributed by atoms with E-state index >= 15 is 0 Å². The fourth-order valence-corrected chi connectivity index (χ4v) is 5.30. The number of methoxy groups -OCH3 is 1. The number of fused-ring (bicyclic) bond motifs is 4. The lowest BCUT2D eigenvalue weighted by molar-refractivity contribution is -0.120. The van der Waals surface area contributed by atoms with Crippen LogP contribution in [0.3, 0.4) is 0 Å². The first-order valence-corrected chi connectivity index (χ1v) is 11.2. The summed E-state index contributed by atoms with van der Waals surface area (Å²) >= 11 is 0. The predicted octanol–water partition coefficient (Wildman–Crippen LogP) is 4.36. The number of benzene rings is 3. The average molecular weight is 467 g/mol. The highest BCUT2D eigenvalue weighted by Gasteiger charge is 2.53. The molecule has 3 aromatic carbocycles. The molecule has 2 aliphatic heterocycles. The monoisotopic (exact) mass is 467 g/mol. The molecule has 1 fully saturated rings. The lowest BCUT2D eigenvalue weighted by atomic mass is 9.89. The highest BCUT2D eigenvalue weighted by Crippen LogP contribution is 2.45. The van der Waals surface area contributed by atoms with Gasteiger partial charge in [-0.25, -0.2) is 14.5 Å². The predicted molar refractivity (Wildman–Crippen MR) is 129 cm³/mol. The summed E-state index contributed by atoms with van der Waals surface area (Å²) in [4.78, 5) is 45.5. The molecule has 3 heterocycles. The van der Waals surface area contributed by atoms with Crippen LogP contribution in [0.15, 0.2) is 72.8 Å². The van der Waals surface area contributed by atoms with Crippen LogP contribution in [-0.4, -0.2) is 46.0 Å².